The van der Waals surface area contributed by atoms with E-state index in [9.17, 15) is 29.2 Å². The number of hydrogen-bond acceptors (Lipinski definition) is 8. The fraction of sp³-hybridized carbons (Fsp3) is 0.483. The Hall–Kier alpha value is -4.19. The molecule has 2 aromatic rings. The summed E-state index contributed by atoms with van der Waals surface area (Å²) in [5.41, 5.74) is 0.721. The summed E-state index contributed by atoms with van der Waals surface area (Å²) in [7, 11) is 0. The molecule has 0 spiro atoms. The van der Waals surface area contributed by atoms with Crippen LogP contribution in [0, 0.1) is 5.92 Å². The maximum absolute atomic E-state index is 12.9. The van der Waals surface area contributed by atoms with E-state index in [0.717, 1.165) is 19.3 Å². The smallest absolute Gasteiger partial charge is 0.303 e. The van der Waals surface area contributed by atoms with Crippen molar-refractivity contribution in [2.45, 2.75) is 71.8 Å². The molecule has 2 rings (SSSR count). The standard InChI is InChI=1S/C29H39N3O9/c1-4-7-8-9-22(23(5-2)32(39)18-33)28(37)30-17-31-29(38)26-12-11-25(41-26)20-14-19(15-21(16-20)40-6-3)24(34)10-13-27(35)36/h11-12,14-16,18,22-23,39H,4-10,13,17H2,1-3H3,(H,30,37)(H,31,38)(H,35,36)/t22-,23-/m1/s1. The number of unbranched alkanes of at least 4 members (excludes halogenated alkanes) is 2. The highest BCUT2D eigenvalue weighted by Crippen LogP contribution is 2.29. The van der Waals surface area contributed by atoms with E-state index in [1.54, 1.807) is 32.0 Å². The van der Waals surface area contributed by atoms with Gasteiger partial charge in [0.15, 0.2) is 11.5 Å². The lowest BCUT2D eigenvalue weighted by Gasteiger charge is -2.29. The normalized spacial score (nSPS) is 12.2. The number of benzene rings is 1. The van der Waals surface area contributed by atoms with E-state index in [-0.39, 0.29) is 48.8 Å². The first kappa shape index (κ1) is 33.0. The Morgan fingerprint density at radius 3 is 2.44 bits per heavy atom. The zero-order chi connectivity index (χ0) is 30.4. The van der Waals surface area contributed by atoms with Crippen molar-refractivity contribution in [3.05, 3.63) is 41.7 Å². The van der Waals surface area contributed by atoms with Crippen LogP contribution in [0.5, 0.6) is 5.75 Å². The van der Waals surface area contributed by atoms with Gasteiger partial charge in [0.2, 0.25) is 12.3 Å². The van der Waals surface area contributed by atoms with Crippen LogP contribution in [-0.2, 0) is 14.4 Å². The van der Waals surface area contributed by atoms with E-state index < -0.39 is 29.7 Å². The van der Waals surface area contributed by atoms with Crippen LogP contribution < -0.4 is 15.4 Å². The molecule has 0 radical (unpaired) electrons. The molecular weight excluding hydrogens is 534 g/mol. The average Bonchev–Trinajstić information content (AvgIpc) is 3.46. The fourth-order valence-electron chi connectivity index (χ4n) is 4.41. The predicted octanol–water partition coefficient (Wildman–Crippen LogP) is 4.02. The third kappa shape index (κ3) is 10.1. The van der Waals surface area contributed by atoms with Crippen molar-refractivity contribution in [2.24, 2.45) is 5.92 Å². The number of furan rings is 1. The van der Waals surface area contributed by atoms with Gasteiger partial charge in [-0.1, -0.05) is 33.1 Å². The number of ketones is 1. The number of hydroxylamine groups is 2. The lowest BCUT2D eigenvalue weighted by molar-refractivity contribution is -0.168. The largest absolute Gasteiger partial charge is 0.494 e. The molecule has 0 unspecified atom stereocenters. The summed E-state index contributed by atoms with van der Waals surface area (Å²) in [6.45, 7) is 5.72. The number of hydrogen-bond donors (Lipinski definition) is 4. The number of carboxylic acid groups (broad SMARTS) is 1. The van der Waals surface area contributed by atoms with Crippen LogP contribution in [0.15, 0.2) is 34.7 Å². The highest BCUT2D eigenvalue weighted by molar-refractivity contribution is 5.99. The minimum atomic E-state index is -1.08. The van der Waals surface area contributed by atoms with Gasteiger partial charge in [0.25, 0.3) is 5.91 Å². The number of ether oxygens (including phenoxy) is 1. The molecule has 224 valence electrons. The lowest BCUT2D eigenvalue weighted by atomic mass is 9.90. The first-order chi connectivity index (χ1) is 19.6. The minimum absolute atomic E-state index is 0.0387. The summed E-state index contributed by atoms with van der Waals surface area (Å²) in [6, 6.07) is 7.01. The van der Waals surface area contributed by atoms with Gasteiger partial charge in [0.1, 0.15) is 11.5 Å². The number of nitrogens with zero attached hydrogens (tertiary/aromatic N) is 1. The summed E-state index contributed by atoms with van der Waals surface area (Å²) in [4.78, 5) is 60.1. The Bertz CT molecular complexity index is 1190. The second-order valence-corrected chi connectivity index (χ2v) is 9.45. The first-order valence-electron chi connectivity index (χ1n) is 13.8. The molecule has 0 bridgehead atoms. The molecule has 41 heavy (non-hydrogen) atoms. The van der Waals surface area contributed by atoms with Gasteiger partial charge in [-0.2, -0.15) is 0 Å². The van der Waals surface area contributed by atoms with Crippen LogP contribution in [0.25, 0.3) is 11.3 Å². The van der Waals surface area contributed by atoms with Gasteiger partial charge in [0, 0.05) is 17.5 Å². The quantitative estimate of drug-likeness (QED) is 0.0483. The lowest BCUT2D eigenvalue weighted by Crippen LogP contribution is -2.47. The van der Waals surface area contributed by atoms with Crippen LogP contribution in [0.1, 0.15) is 86.6 Å². The zero-order valence-electron chi connectivity index (χ0n) is 23.7. The number of nitrogens with one attached hydrogen (secondary N) is 2. The van der Waals surface area contributed by atoms with Gasteiger partial charge in [-0.05, 0) is 50.1 Å². The number of carbonyl (C=O) groups is 5. The Labute approximate surface area is 239 Å². The second kappa shape index (κ2) is 16.8. The van der Waals surface area contributed by atoms with Gasteiger partial charge in [0.05, 0.1) is 31.7 Å². The molecule has 3 amide bonds. The minimum Gasteiger partial charge on any atom is -0.494 e. The summed E-state index contributed by atoms with van der Waals surface area (Å²) in [5, 5.41) is 24.6. The van der Waals surface area contributed by atoms with Crippen molar-refractivity contribution in [2.75, 3.05) is 13.3 Å². The Morgan fingerprint density at radius 1 is 1.05 bits per heavy atom. The third-order valence-corrected chi connectivity index (χ3v) is 6.52. The molecule has 12 nitrogen and oxygen atoms in total. The van der Waals surface area contributed by atoms with Crippen LogP contribution in [-0.4, -0.2) is 64.7 Å². The maximum atomic E-state index is 12.9. The molecule has 0 saturated heterocycles. The second-order valence-electron chi connectivity index (χ2n) is 9.45. The molecular formula is C29H39N3O9. The number of carboxylic acids is 1. The molecule has 0 aliphatic heterocycles. The monoisotopic (exact) mass is 573 g/mol. The van der Waals surface area contributed by atoms with Gasteiger partial charge < -0.3 is 24.9 Å². The number of carbonyl (C=O) groups excluding carboxylic acids is 4. The molecule has 0 saturated carbocycles. The Balaban J connectivity index is 2.10. The maximum Gasteiger partial charge on any atom is 0.303 e. The molecule has 1 aromatic carbocycles. The van der Waals surface area contributed by atoms with Crippen molar-refractivity contribution in [1.29, 1.82) is 0 Å². The molecule has 1 aromatic heterocycles. The Kier molecular flexibility index (Phi) is 13.5. The molecule has 0 aliphatic rings. The Morgan fingerprint density at radius 2 is 1.80 bits per heavy atom. The van der Waals surface area contributed by atoms with E-state index in [0.29, 0.717) is 35.8 Å². The van der Waals surface area contributed by atoms with Crippen molar-refractivity contribution in [1.82, 2.24) is 15.7 Å². The molecule has 0 aliphatic carbocycles. The van der Waals surface area contributed by atoms with Crippen LogP contribution in [0.4, 0.5) is 0 Å². The summed E-state index contributed by atoms with van der Waals surface area (Å²) >= 11 is 0. The SMILES string of the molecule is CCCCC[C@@H](C(=O)NCNC(=O)c1ccc(-c2cc(OCC)cc(C(=O)CCC(=O)O)c2)o1)[C@@H](CC)N(O)C=O. The third-order valence-electron chi connectivity index (χ3n) is 6.52. The zero-order valence-corrected chi connectivity index (χ0v) is 23.7. The van der Waals surface area contributed by atoms with E-state index in [1.165, 1.54) is 12.1 Å². The topological polar surface area (TPSA) is 175 Å². The molecule has 1 heterocycles. The summed E-state index contributed by atoms with van der Waals surface area (Å²) < 4.78 is 11.2. The van der Waals surface area contributed by atoms with E-state index in [4.69, 9.17) is 14.3 Å². The number of Topliss-reactive ketones (excluding diaryl/α,β-unsaturated/α-hetero) is 1. The fourth-order valence-corrected chi connectivity index (χ4v) is 4.41. The molecule has 0 fully saturated rings. The van der Waals surface area contributed by atoms with Gasteiger partial charge >= 0.3 is 5.97 Å². The van der Waals surface area contributed by atoms with Crippen LogP contribution >= 0.6 is 0 Å². The van der Waals surface area contributed by atoms with Gasteiger partial charge in [-0.15, -0.1) is 0 Å². The number of amides is 3. The average molecular weight is 574 g/mol. The number of rotatable bonds is 19. The molecule has 4 N–H and O–H groups in total. The van der Waals surface area contributed by atoms with Gasteiger partial charge in [-0.3, -0.25) is 29.2 Å². The van der Waals surface area contributed by atoms with E-state index in [2.05, 4.69) is 10.6 Å². The van der Waals surface area contributed by atoms with Crippen molar-refractivity contribution in [3.8, 4) is 17.1 Å². The highest BCUT2D eigenvalue weighted by atomic mass is 16.5. The van der Waals surface area contributed by atoms with Gasteiger partial charge in [-0.25, -0.2) is 5.06 Å². The summed E-state index contributed by atoms with van der Waals surface area (Å²) in [5.74, 6) is -2.46. The molecule has 2 atom stereocenters. The van der Waals surface area contributed by atoms with E-state index in [1.807, 2.05) is 6.92 Å². The summed E-state index contributed by atoms with van der Waals surface area (Å²) in [6.07, 6.45) is 3.24. The predicted molar refractivity (Wildman–Crippen MR) is 148 cm³/mol. The van der Waals surface area contributed by atoms with Crippen LogP contribution in [0.2, 0.25) is 0 Å². The number of aliphatic carboxylic acids is 1. The van der Waals surface area contributed by atoms with Crippen molar-refractivity contribution in [3.63, 3.8) is 0 Å². The first-order valence-corrected chi connectivity index (χ1v) is 13.8. The van der Waals surface area contributed by atoms with Crippen molar-refractivity contribution < 1.29 is 43.4 Å². The van der Waals surface area contributed by atoms with E-state index >= 15 is 0 Å². The highest BCUT2D eigenvalue weighted by Gasteiger charge is 2.30. The van der Waals surface area contributed by atoms with Crippen LogP contribution in [0.3, 0.4) is 0 Å². The molecule has 12 heteroatoms. The van der Waals surface area contributed by atoms with Crippen molar-refractivity contribution >= 4 is 30.0 Å².